The molecule has 0 aliphatic carbocycles. The lowest BCUT2D eigenvalue weighted by Gasteiger charge is -2.31. The molecule has 1 heterocycles. The van der Waals surface area contributed by atoms with Gasteiger partial charge in [0.15, 0.2) is 0 Å². The Morgan fingerprint density at radius 2 is 1.80 bits per heavy atom. The molecule has 1 aliphatic rings. The number of nitrogens with zero attached hydrogens (tertiary/aromatic N) is 1. The van der Waals surface area contributed by atoms with Crippen molar-refractivity contribution in [1.29, 1.82) is 0 Å². The maximum atomic E-state index is 12.1. The lowest BCUT2D eigenvalue weighted by molar-refractivity contribution is 0.195. The van der Waals surface area contributed by atoms with Gasteiger partial charge in [0.25, 0.3) is 0 Å². The summed E-state index contributed by atoms with van der Waals surface area (Å²) in [5.74, 6) is 0.862. The first kappa shape index (κ1) is 19.6. The second-order valence-corrected chi connectivity index (χ2v) is 6.90. The fourth-order valence-electron chi connectivity index (χ4n) is 3.26. The van der Waals surface area contributed by atoms with Gasteiger partial charge in [-0.05, 0) is 57.0 Å². The molecule has 1 aromatic rings. The van der Waals surface area contributed by atoms with Crippen LogP contribution in [-0.4, -0.2) is 43.7 Å². The Morgan fingerprint density at radius 3 is 2.36 bits per heavy atom. The Balaban J connectivity index is 2.06. The zero-order valence-electron chi connectivity index (χ0n) is 15.9. The molecule has 140 valence electrons. The van der Waals surface area contributed by atoms with Crippen LogP contribution in [0.4, 0.5) is 4.79 Å². The summed E-state index contributed by atoms with van der Waals surface area (Å²) in [6.45, 7) is 6.89. The smallest absolute Gasteiger partial charge is 0.315 e. The normalized spacial score (nSPS) is 18.0. The van der Waals surface area contributed by atoms with Crippen molar-refractivity contribution in [3.63, 3.8) is 0 Å². The molecule has 1 aliphatic heterocycles. The van der Waals surface area contributed by atoms with Gasteiger partial charge in [-0.25, -0.2) is 4.79 Å². The summed E-state index contributed by atoms with van der Waals surface area (Å²) in [6.07, 6.45) is 5.99. The second kappa shape index (κ2) is 10.3. The number of likely N-dealkylation sites (tertiary alicyclic amines) is 1. The van der Waals surface area contributed by atoms with Gasteiger partial charge in [-0.3, -0.25) is 4.90 Å². The van der Waals surface area contributed by atoms with E-state index in [9.17, 15) is 4.79 Å². The first-order chi connectivity index (χ1) is 12.1. The number of amides is 2. The minimum atomic E-state index is -0.0808. The highest BCUT2D eigenvalue weighted by molar-refractivity contribution is 5.74. The van der Waals surface area contributed by atoms with Gasteiger partial charge in [-0.1, -0.05) is 31.9 Å². The largest absolute Gasteiger partial charge is 0.497 e. The number of methoxy groups -OCH3 is 1. The Kier molecular flexibility index (Phi) is 8.06. The van der Waals surface area contributed by atoms with Crippen LogP contribution in [0.25, 0.3) is 0 Å². The van der Waals surface area contributed by atoms with Gasteiger partial charge in [0, 0.05) is 12.6 Å². The Hall–Kier alpha value is -1.75. The molecular formula is C20H33N3O2. The molecule has 2 unspecified atom stereocenters. The molecule has 1 saturated heterocycles. The van der Waals surface area contributed by atoms with E-state index in [1.807, 2.05) is 19.1 Å². The summed E-state index contributed by atoms with van der Waals surface area (Å²) in [5.41, 5.74) is 1.23. The van der Waals surface area contributed by atoms with Crippen molar-refractivity contribution >= 4 is 6.03 Å². The minimum absolute atomic E-state index is 0.0808. The van der Waals surface area contributed by atoms with Crippen LogP contribution in [0.3, 0.4) is 0 Å². The third-order valence-corrected chi connectivity index (χ3v) is 5.03. The predicted molar refractivity (Wildman–Crippen MR) is 102 cm³/mol. The average molecular weight is 348 g/mol. The molecule has 0 aromatic heterocycles. The van der Waals surface area contributed by atoms with Crippen LogP contribution in [0.2, 0.25) is 0 Å². The van der Waals surface area contributed by atoms with Crippen LogP contribution >= 0.6 is 0 Å². The summed E-state index contributed by atoms with van der Waals surface area (Å²) >= 11 is 0. The van der Waals surface area contributed by atoms with Crippen molar-refractivity contribution < 1.29 is 9.53 Å². The fraction of sp³-hybridized carbons (Fsp3) is 0.650. The number of hydrogen-bond acceptors (Lipinski definition) is 3. The molecule has 2 amide bonds. The minimum Gasteiger partial charge on any atom is -0.497 e. The number of carbonyl (C=O) groups is 1. The van der Waals surface area contributed by atoms with Gasteiger partial charge < -0.3 is 15.4 Å². The van der Waals surface area contributed by atoms with Crippen molar-refractivity contribution in [2.75, 3.05) is 26.7 Å². The van der Waals surface area contributed by atoms with Crippen molar-refractivity contribution in [2.24, 2.45) is 0 Å². The molecule has 5 heteroatoms. The van der Waals surface area contributed by atoms with Crippen molar-refractivity contribution in [3.05, 3.63) is 29.8 Å². The van der Waals surface area contributed by atoms with Gasteiger partial charge >= 0.3 is 6.03 Å². The number of benzene rings is 1. The lowest BCUT2D eigenvalue weighted by Crippen LogP contribution is -2.45. The Labute approximate surface area is 152 Å². The topological polar surface area (TPSA) is 53.6 Å². The molecule has 5 nitrogen and oxygen atoms in total. The van der Waals surface area contributed by atoms with Crippen LogP contribution in [0.15, 0.2) is 24.3 Å². The van der Waals surface area contributed by atoms with Crippen LogP contribution in [0, 0.1) is 0 Å². The number of carbonyl (C=O) groups excluding carboxylic acids is 1. The highest BCUT2D eigenvalue weighted by atomic mass is 16.5. The van der Waals surface area contributed by atoms with Crippen LogP contribution < -0.4 is 15.4 Å². The number of urea groups is 1. The maximum absolute atomic E-state index is 12.1. The zero-order chi connectivity index (χ0) is 18.1. The van der Waals surface area contributed by atoms with Gasteiger partial charge in [0.2, 0.25) is 0 Å². The molecule has 0 spiro atoms. The monoisotopic (exact) mass is 347 g/mol. The van der Waals surface area contributed by atoms with Crippen LogP contribution in [0.5, 0.6) is 5.75 Å². The fourth-order valence-corrected chi connectivity index (χ4v) is 3.26. The average Bonchev–Trinajstić information content (AvgIpc) is 2.91. The van der Waals surface area contributed by atoms with Crippen molar-refractivity contribution in [3.8, 4) is 5.75 Å². The Bertz CT molecular complexity index is 510. The highest BCUT2D eigenvalue weighted by Gasteiger charge is 2.22. The molecule has 2 rings (SSSR count). The molecule has 1 fully saturated rings. The summed E-state index contributed by atoms with van der Waals surface area (Å²) in [5, 5.41) is 6.05. The molecule has 0 radical (unpaired) electrons. The lowest BCUT2D eigenvalue weighted by atomic mass is 10.0. The number of hydrogen-bond donors (Lipinski definition) is 2. The molecule has 2 N–H and O–H groups in total. The maximum Gasteiger partial charge on any atom is 0.315 e. The summed E-state index contributed by atoms with van der Waals surface area (Å²) in [6, 6.07) is 8.54. The van der Waals surface area contributed by atoms with E-state index in [2.05, 4.69) is 34.6 Å². The molecule has 2 atom stereocenters. The zero-order valence-corrected chi connectivity index (χ0v) is 15.9. The van der Waals surface area contributed by atoms with E-state index >= 15 is 0 Å². The number of ether oxygens (including phenoxy) is 1. The summed E-state index contributed by atoms with van der Waals surface area (Å²) in [7, 11) is 1.68. The van der Waals surface area contributed by atoms with Crippen molar-refractivity contribution in [1.82, 2.24) is 15.5 Å². The third kappa shape index (κ3) is 6.24. The van der Waals surface area contributed by atoms with E-state index in [4.69, 9.17) is 4.74 Å². The van der Waals surface area contributed by atoms with Crippen LogP contribution in [0.1, 0.15) is 57.6 Å². The first-order valence-electron chi connectivity index (χ1n) is 9.56. The molecule has 25 heavy (non-hydrogen) atoms. The molecular weight excluding hydrogens is 314 g/mol. The van der Waals surface area contributed by atoms with E-state index < -0.39 is 0 Å². The van der Waals surface area contributed by atoms with E-state index in [-0.39, 0.29) is 18.1 Å². The third-order valence-electron chi connectivity index (χ3n) is 5.03. The highest BCUT2D eigenvalue weighted by Crippen LogP contribution is 2.25. The quantitative estimate of drug-likeness (QED) is 0.790. The van der Waals surface area contributed by atoms with E-state index in [1.54, 1.807) is 7.11 Å². The second-order valence-electron chi connectivity index (χ2n) is 6.90. The van der Waals surface area contributed by atoms with Gasteiger partial charge in [0.05, 0.1) is 13.2 Å². The van der Waals surface area contributed by atoms with E-state index in [0.29, 0.717) is 6.54 Å². The molecule has 0 saturated carbocycles. The van der Waals surface area contributed by atoms with Gasteiger partial charge in [0.1, 0.15) is 5.75 Å². The molecule has 1 aromatic carbocycles. The SMILES string of the molecule is CCC(C)NC(=O)NCC(c1ccc(OC)cc1)N1CCCCCC1. The first-order valence-corrected chi connectivity index (χ1v) is 9.56. The van der Waals surface area contributed by atoms with Gasteiger partial charge in [-0.2, -0.15) is 0 Å². The standard InChI is InChI=1S/C20H33N3O2/c1-4-16(2)22-20(24)21-15-19(23-13-7-5-6-8-14-23)17-9-11-18(25-3)12-10-17/h9-12,16,19H,4-8,13-15H2,1-3H3,(H2,21,22,24). The number of nitrogens with one attached hydrogen (secondary N) is 2. The number of rotatable bonds is 7. The predicted octanol–water partition coefficient (Wildman–Crippen LogP) is 3.71. The van der Waals surface area contributed by atoms with Crippen molar-refractivity contribution in [2.45, 2.75) is 58.0 Å². The van der Waals surface area contributed by atoms with E-state index in [0.717, 1.165) is 25.3 Å². The summed E-state index contributed by atoms with van der Waals surface area (Å²) < 4.78 is 5.28. The summed E-state index contributed by atoms with van der Waals surface area (Å²) in [4.78, 5) is 14.7. The molecule has 0 bridgehead atoms. The van der Waals surface area contributed by atoms with Crippen LogP contribution in [-0.2, 0) is 0 Å². The Morgan fingerprint density at radius 1 is 1.16 bits per heavy atom. The van der Waals surface area contributed by atoms with E-state index in [1.165, 1.54) is 31.2 Å². The van der Waals surface area contributed by atoms with Gasteiger partial charge in [-0.15, -0.1) is 0 Å².